The summed E-state index contributed by atoms with van der Waals surface area (Å²) >= 11 is 7.66. The van der Waals surface area contributed by atoms with Gasteiger partial charge in [-0.15, -0.1) is 0 Å². The maximum Gasteiger partial charge on any atom is 0.293 e. The smallest absolute Gasteiger partial charge is 0.293 e. The number of hydrogen-bond acceptors (Lipinski definition) is 4. The second-order valence-corrected chi connectivity index (χ2v) is 10.2. The van der Waals surface area contributed by atoms with Crippen LogP contribution in [0.3, 0.4) is 0 Å². The van der Waals surface area contributed by atoms with Gasteiger partial charge in [-0.05, 0) is 128 Å². The maximum absolute atomic E-state index is 12.7. The summed E-state index contributed by atoms with van der Waals surface area (Å²) in [6.45, 7) is 2.84. The summed E-state index contributed by atoms with van der Waals surface area (Å²) < 4.78 is 8.72. The number of hydrogen-bond donors (Lipinski definition) is 0. The number of carbonyl (C=O) groups is 2. The molecular weight excluding hydrogens is 703 g/mol. The van der Waals surface area contributed by atoms with E-state index in [0.717, 1.165) is 39.3 Å². The SMILES string of the molecule is CCOc1c(I)cc(/C=C2\SC(=O)N(Cc3ccc(I)cc3)C2=O)cc1I. The first-order valence-corrected chi connectivity index (χ1v) is 12.1. The number of halogens is 3. The van der Waals surface area contributed by atoms with Gasteiger partial charge in [-0.2, -0.15) is 0 Å². The molecule has 1 fully saturated rings. The molecule has 1 aliphatic rings. The topological polar surface area (TPSA) is 46.6 Å². The Balaban J connectivity index is 1.82. The number of benzene rings is 2. The van der Waals surface area contributed by atoms with Gasteiger partial charge in [-0.3, -0.25) is 14.5 Å². The molecule has 0 bridgehead atoms. The molecule has 4 nitrogen and oxygen atoms in total. The first-order chi connectivity index (χ1) is 12.9. The highest BCUT2D eigenvalue weighted by Crippen LogP contribution is 2.35. The van der Waals surface area contributed by atoms with E-state index >= 15 is 0 Å². The van der Waals surface area contributed by atoms with Gasteiger partial charge in [-0.1, -0.05) is 12.1 Å². The fraction of sp³-hybridized carbons (Fsp3) is 0.158. The molecule has 27 heavy (non-hydrogen) atoms. The van der Waals surface area contributed by atoms with Crippen LogP contribution in [0.1, 0.15) is 18.1 Å². The van der Waals surface area contributed by atoms with Gasteiger partial charge in [0.2, 0.25) is 0 Å². The van der Waals surface area contributed by atoms with Gasteiger partial charge in [0.1, 0.15) is 5.75 Å². The van der Waals surface area contributed by atoms with Crippen molar-refractivity contribution >= 4 is 96.8 Å². The first kappa shape index (κ1) is 21.4. The highest BCUT2D eigenvalue weighted by Gasteiger charge is 2.35. The summed E-state index contributed by atoms with van der Waals surface area (Å²) in [4.78, 5) is 26.8. The summed E-state index contributed by atoms with van der Waals surface area (Å²) in [5.74, 6) is 0.602. The van der Waals surface area contributed by atoms with Gasteiger partial charge >= 0.3 is 0 Å². The number of amides is 2. The largest absolute Gasteiger partial charge is 0.492 e. The van der Waals surface area contributed by atoms with Crippen LogP contribution in [0, 0.1) is 10.7 Å². The molecule has 0 aliphatic carbocycles. The third kappa shape index (κ3) is 5.18. The summed E-state index contributed by atoms with van der Waals surface area (Å²) in [6.07, 6.45) is 1.78. The molecule has 2 amide bonds. The summed E-state index contributed by atoms with van der Waals surface area (Å²) in [5.41, 5.74) is 1.82. The maximum atomic E-state index is 12.7. The molecule has 3 rings (SSSR count). The standard InChI is InChI=1S/C19H14I3NO3S/c1-2-26-17-14(21)7-12(8-15(17)22)9-16-18(24)23(19(25)27-16)10-11-3-5-13(20)6-4-11/h3-9H,2,10H2,1H3/b16-9-. The van der Waals surface area contributed by atoms with Crippen LogP contribution in [0.5, 0.6) is 5.75 Å². The molecular formula is C19H14I3NO3S. The lowest BCUT2D eigenvalue weighted by molar-refractivity contribution is -0.123. The third-order valence-corrected chi connectivity index (χ3v) is 6.96. The molecule has 0 atom stereocenters. The zero-order chi connectivity index (χ0) is 19.6. The van der Waals surface area contributed by atoms with Crippen molar-refractivity contribution in [1.29, 1.82) is 0 Å². The molecule has 0 radical (unpaired) electrons. The molecule has 1 heterocycles. The lowest BCUT2D eigenvalue weighted by atomic mass is 10.2. The fourth-order valence-corrected chi connectivity index (χ4v) is 5.83. The fourth-order valence-electron chi connectivity index (χ4n) is 2.51. The van der Waals surface area contributed by atoms with Crippen LogP contribution in [0.15, 0.2) is 41.3 Å². The second kappa shape index (κ2) is 9.44. The minimum absolute atomic E-state index is 0.236. The van der Waals surface area contributed by atoms with Crippen LogP contribution in [-0.2, 0) is 11.3 Å². The van der Waals surface area contributed by atoms with Crippen molar-refractivity contribution in [3.63, 3.8) is 0 Å². The van der Waals surface area contributed by atoms with Gasteiger partial charge in [0, 0.05) is 3.57 Å². The minimum atomic E-state index is -0.248. The van der Waals surface area contributed by atoms with Crippen molar-refractivity contribution in [3.05, 3.63) is 63.1 Å². The van der Waals surface area contributed by atoms with Crippen LogP contribution in [0.25, 0.3) is 6.08 Å². The van der Waals surface area contributed by atoms with E-state index in [1.165, 1.54) is 4.90 Å². The van der Waals surface area contributed by atoms with Gasteiger partial charge in [0.25, 0.3) is 11.1 Å². The van der Waals surface area contributed by atoms with Crippen molar-refractivity contribution in [1.82, 2.24) is 4.90 Å². The Morgan fingerprint density at radius 1 is 1.07 bits per heavy atom. The molecule has 140 valence electrons. The van der Waals surface area contributed by atoms with E-state index in [0.29, 0.717) is 11.5 Å². The average molecular weight is 717 g/mol. The van der Waals surface area contributed by atoms with E-state index in [2.05, 4.69) is 67.8 Å². The molecule has 0 aromatic heterocycles. The Kier molecular flexibility index (Phi) is 7.47. The van der Waals surface area contributed by atoms with Crippen molar-refractivity contribution in [3.8, 4) is 5.75 Å². The van der Waals surface area contributed by atoms with Crippen LogP contribution < -0.4 is 4.74 Å². The highest BCUT2D eigenvalue weighted by atomic mass is 127. The van der Waals surface area contributed by atoms with E-state index in [-0.39, 0.29) is 17.7 Å². The Labute approximate surface area is 202 Å². The predicted octanol–water partition coefficient (Wildman–Crippen LogP) is 6.14. The summed E-state index contributed by atoms with van der Waals surface area (Å²) in [5, 5.41) is -0.236. The number of thioether (sulfide) groups is 1. The van der Waals surface area contributed by atoms with Crippen LogP contribution in [0.2, 0.25) is 0 Å². The predicted molar refractivity (Wildman–Crippen MR) is 134 cm³/mol. The number of nitrogens with zero attached hydrogens (tertiary/aromatic N) is 1. The minimum Gasteiger partial charge on any atom is -0.492 e. The average Bonchev–Trinajstić information content (AvgIpc) is 2.87. The first-order valence-electron chi connectivity index (χ1n) is 8.00. The molecule has 0 unspecified atom stereocenters. The molecule has 0 saturated carbocycles. The van der Waals surface area contributed by atoms with Gasteiger partial charge in [-0.25, -0.2) is 0 Å². The van der Waals surface area contributed by atoms with E-state index in [9.17, 15) is 9.59 Å². The molecule has 2 aromatic rings. The van der Waals surface area contributed by atoms with Gasteiger partial charge in [0.05, 0.1) is 25.2 Å². The normalized spacial score (nSPS) is 15.7. The van der Waals surface area contributed by atoms with Crippen LogP contribution >= 0.6 is 79.5 Å². The Morgan fingerprint density at radius 2 is 1.70 bits per heavy atom. The quantitative estimate of drug-likeness (QED) is 0.276. The lowest BCUT2D eigenvalue weighted by Gasteiger charge is -2.12. The van der Waals surface area contributed by atoms with E-state index in [1.54, 1.807) is 6.08 Å². The van der Waals surface area contributed by atoms with Gasteiger partial charge in [0.15, 0.2) is 0 Å². The van der Waals surface area contributed by atoms with Crippen molar-refractivity contribution in [2.24, 2.45) is 0 Å². The molecule has 1 saturated heterocycles. The molecule has 8 heteroatoms. The van der Waals surface area contributed by atoms with E-state index in [1.807, 2.05) is 43.3 Å². The zero-order valence-corrected chi connectivity index (χ0v) is 21.5. The molecule has 2 aromatic carbocycles. The molecule has 0 spiro atoms. The number of ether oxygens (including phenoxy) is 1. The zero-order valence-electron chi connectivity index (χ0n) is 14.2. The monoisotopic (exact) mass is 717 g/mol. The van der Waals surface area contributed by atoms with Crippen LogP contribution in [-0.4, -0.2) is 22.7 Å². The van der Waals surface area contributed by atoms with E-state index in [4.69, 9.17) is 4.74 Å². The lowest BCUT2D eigenvalue weighted by Crippen LogP contribution is -2.27. The Morgan fingerprint density at radius 3 is 2.30 bits per heavy atom. The third-order valence-electron chi connectivity index (χ3n) is 3.73. The summed E-state index contributed by atoms with van der Waals surface area (Å²) in [6, 6.07) is 11.7. The van der Waals surface area contributed by atoms with Crippen molar-refractivity contribution in [2.45, 2.75) is 13.5 Å². The van der Waals surface area contributed by atoms with Crippen LogP contribution in [0.4, 0.5) is 4.79 Å². The van der Waals surface area contributed by atoms with Crippen molar-refractivity contribution < 1.29 is 14.3 Å². The second-order valence-electron chi connectivity index (χ2n) is 5.64. The molecule has 1 aliphatic heterocycles. The number of imide groups is 1. The van der Waals surface area contributed by atoms with Gasteiger partial charge < -0.3 is 4.74 Å². The van der Waals surface area contributed by atoms with E-state index < -0.39 is 0 Å². The Bertz CT molecular complexity index is 905. The highest BCUT2D eigenvalue weighted by molar-refractivity contribution is 14.1. The Hall–Kier alpha value is -0.340. The number of carbonyl (C=O) groups excluding carboxylic acids is 2. The van der Waals surface area contributed by atoms with Crippen molar-refractivity contribution in [2.75, 3.05) is 6.61 Å². The molecule has 0 N–H and O–H groups in total. The summed E-state index contributed by atoms with van der Waals surface area (Å²) in [7, 11) is 0. The number of rotatable bonds is 5.